The number of carboxylic acids is 1. The number of carbonyl (C=O) groups excluding carboxylic acids is 1. The zero-order chi connectivity index (χ0) is 18.5. The van der Waals surface area contributed by atoms with Crippen molar-refractivity contribution in [2.45, 2.75) is 38.1 Å². The number of ether oxygens (including phenoxy) is 1. The van der Waals surface area contributed by atoms with Gasteiger partial charge in [0.1, 0.15) is 11.9 Å². The second-order valence-electron chi connectivity index (χ2n) is 5.54. The fraction of sp³-hybridized carbons (Fsp3) is 0.467. The summed E-state index contributed by atoms with van der Waals surface area (Å²) >= 11 is 0. The minimum absolute atomic E-state index is 0.0468. The van der Waals surface area contributed by atoms with Crippen LogP contribution in [0.5, 0.6) is 0 Å². The summed E-state index contributed by atoms with van der Waals surface area (Å²) in [5, 5.41) is 9.12. The van der Waals surface area contributed by atoms with Gasteiger partial charge in [-0.2, -0.15) is 4.72 Å². The van der Waals surface area contributed by atoms with Gasteiger partial charge in [0.2, 0.25) is 10.0 Å². The predicted molar refractivity (Wildman–Crippen MR) is 83.6 cm³/mol. The highest BCUT2D eigenvalue weighted by Crippen LogP contribution is 2.17. The summed E-state index contributed by atoms with van der Waals surface area (Å²) in [6, 6.07) is 1.14. The average Bonchev–Trinajstić information content (AvgIpc) is 2.45. The largest absolute Gasteiger partial charge is 0.480 e. The maximum absolute atomic E-state index is 13.6. The van der Waals surface area contributed by atoms with Crippen molar-refractivity contribution in [3.63, 3.8) is 0 Å². The van der Waals surface area contributed by atoms with Crippen LogP contribution < -0.4 is 4.72 Å². The lowest BCUT2D eigenvalue weighted by Crippen LogP contribution is -2.41. The Kier molecular flexibility index (Phi) is 6.85. The average molecular weight is 361 g/mol. The number of rotatable bonds is 8. The molecule has 0 saturated heterocycles. The molecular weight excluding hydrogens is 341 g/mol. The molecule has 0 aliphatic rings. The minimum atomic E-state index is -4.32. The molecule has 0 spiro atoms. The van der Waals surface area contributed by atoms with E-state index < -0.39 is 38.7 Å². The summed E-state index contributed by atoms with van der Waals surface area (Å²) in [6.07, 6.45) is 0.0641. The third-order valence-corrected chi connectivity index (χ3v) is 4.45. The second kappa shape index (κ2) is 8.20. The quantitative estimate of drug-likeness (QED) is 0.683. The first-order valence-electron chi connectivity index (χ1n) is 7.29. The van der Waals surface area contributed by atoms with Crippen LogP contribution in [0.15, 0.2) is 23.1 Å². The Morgan fingerprint density at radius 3 is 2.42 bits per heavy atom. The van der Waals surface area contributed by atoms with Gasteiger partial charge in [0.15, 0.2) is 0 Å². The molecule has 0 saturated carbocycles. The van der Waals surface area contributed by atoms with Crippen LogP contribution in [0.1, 0.15) is 37.6 Å². The Morgan fingerprint density at radius 1 is 1.29 bits per heavy atom. The molecule has 9 heteroatoms. The van der Waals surface area contributed by atoms with E-state index in [-0.39, 0.29) is 24.5 Å². The fourth-order valence-corrected chi connectivity index (χ4v) is 3.23. The Balaban J connectivity index is 3.17. The summed E-state index contributed by atoms with van der Waals surface area (Å²) in [5.74, 6) is -3.23. The first-order valence-corrected chi connectivity index (χ1v) is 8.78. The van der Waals surface area contributed by atoms with Crippen molar-refractivity contribution in [3.05, 3.63) is 29.6 Å². The molecule has 1 atom stereocenters. The van der Waals surface area contributed by atoms with E-state index in [9.17, 15) is 22.4 Å². The third-order valence-electron chi connectivity index (χ3n) is 3.00. The summed E-state index contributed by atoms with van der Waals surface area (Å²) in [6.45, 7) is 5.08. The molecule has 0 heterocycles. The Bertz CT molecular complexity index is 717. The van der Waals surface area contributed by atoms with Gasteiger partial charge in [-0.15, -0.1) is 0 Å². The molecular formula is C15H20FNO6S. The highest BCUT2D eigenvalue weighted by molar-refractivity contribution is 7.89. The van der Waals surface area contributed by atoms with Gasteiger partial charge in [0, 0.05) is 0 Å². The molecule has 24 heavy (non-hydrogen) atoms. The number of aliphatic carboxylic acids is 1. The Hall–Kier alpha value is -2.00. The number of carboxylic acid groups (broad SMARTS) is 1. The van der Waals surface area contributed by atoms with Crippen LogP contribution in [-0.2, 0) is 19.6 Å². The maximum Gasteiger partial charge on any atom is 0.338 e. The van der Waals surface area contributed by atoms with Crippen LogP contribution in [0.3, 0.4) is 0 Å². The molecule has 1 rings (SSSR count). The van der Waals surface area contributed by atoms with Gasteiger partial charge in [-0.05, 0) is 37.5 Å². The number of hydrogen-bond donors (Lipinski definition) is 2. The molecule has 0 aromatic heterocycles. The van der Waals surface area contributed by atoms with Gasteiger partial charge in [-0.25, -0.2) is 17.6 Å². The molecule has 0 aliphatic heterocycles. The topological polar surface area (TPSA) is 110 Å². The van der Waals surface area contributed by atoms with Crippen LogP contribution in [0.4, 0.5) is 4.39 Å². The minimum Gasteiger partial charge on any atom is -0.480 e. The van der Waals surface area contributed by atoms with Crippen molar-refractivity contribution in [3.8, 4) is 0 Å². The molecule has 0 amide bonds. The predicted octanol–water partition coefficient (Wildman–Crippen LogP) is 1.78. The zero-order valence-corrected chi connectivity index (χ0v) is 14.4. The lowest BCUT2D eigenvalue weighted by molar-refractivity contribution is -0.139. The number of nitrogens with one attached hydrogen (secondary N) is 1. The van der Waals surface area contributed by atoms with E-state index >= 15 is 0 Å². The number of halogens is 1. The van der Waals surface area contributed by atoms with E-state index in [0.29, 0.717) is 6.07 Å². The fourth-order valence-electron chi connectivity index (χ4n) is 1.98. The molecule has 0 bridgehead atoms. The molecule has 0 radical (unpaired) electrons. The van der Waals surface area contributed by atoms with E-state index in [1.165, 1.54) is 0 Å². The molecule has 0 aliphatic carbocycles. The molecule has 2 N–H and O–H groups in total. The van der Waals surface area contributed by atoms with Gasteiger partial charge < -0.3 is 9.84 Å². The Labute approximate surface area is 139 Å². The normalized spacial score (nSPS) is 12.9. The standard InChI is InChI=1S/C15H20FNO6S/c1-4-23-15(20)10-6-11(16)8-12(7-10)24(21,22)17-13(14(18)19)5-9(2)3/h6-9,13,17H,4-5H2,1-3H3,(H,18,19)/t13-/m0/s1. The van der Waals surface area contributed by atoms with Crippen LogP contribution >= 0.6 is 0 Å². The lowest BCUT2D eigenvalue weighted by atomic mass is 10.1. The van der Waals surface area contributed by atoms with Crippen molar-refractivity contribution < 1.29 is 32.2 Å². The summed E-state index contributed by atoms with van der Waals surface area (Å²) < 4.78 is 45.0. The number of benzene rings is 1. The van der Waals surface area contributed by atoms with Crippen molar-refractivity contribution >= 4 is 22.0 Å². The van der Waals surface area contributed by atoms with Gasteiger partial charge in [-0.3, -0.25) is 4.79 Å². The van der Waals surface area contributed by atoms with Crippen molar-refractivity contribution in [1.29, 1.82) is 0 Å². The first-order chi connectivity index (χ1) is 11.1. The van der Waals surface area contributed by atoms with Gasteiger partial charge in [0.05, 0.1) is 17.1 Å². The van der Waals surface area contributed by atoms with Gasteiger partial charge in [0.25, 0.3) is 0 Å². The number of hydrogen-bond acceptors (Lipinski definition) is 5. The monoisotopic (exact) mass is 361 g/mol. The van der Waals surface area contributed by atoms with Crippen LogP contribution in [0.25, 0.3) is 0 Å². The molecule has 0 unspecified atom stereocenters. The van der Waals surface area contributed by atoms with Gasteiger partial charge in [-0.1, -0.05) is 13.8 Å². The van der Waals surface area contributed by atoms with Crippen LogP contribution in [-0.4, -0.2) is 38.1 Å². The smallest absolute Gasteiger partial charge is 0.338 e. The lowest BCUT2D eigenvalue weighted by Gasteiger charge is -2.17. The summed E-state index contributed by atoms with van der Waals surface area (Å²) in [5.41, 5.74) is -0.270. The molecule has 7 nitrogen and oxygen atoms in total. The second-order valence-corrected chi connectivity index (χ2v) is 7.25. The van der Waals surface area contributed by atoms with Crippen LogP contribution in [0.2, 0.25) is 0 Å². The van der Waals surface area contributed by atoms with E-state index in [1.54, 1.807) is 20.8 Å². The molecule has 0 fully saturated rings. The van der Waals surface area contributed by atoms with Crippen molar-refractivity contribution in [1.82, 2.24) is 4.72 Å². The molecule has 134 valence electrons. The van der Waals surface area contributed by atoms with E-state index in [2.05, 4.69) is 0 Å². The SMILES string of the molecule is CCOC(=O)c1cc(F)cc(S(=O)(=O)N[C@@H](CC(C)C)C(=O)O)c1. The third kappa shape index (κ3) is 5.57. The van der Waals surface area contributed by atoms with Gasteiger partial charge >= 0.3 is 11.9 Å². The number of esters is 1. The number of carbonyl (C=O) groups is 2. The van der Waals surface area contributed by atoms with Crippen LogP contribution in [0, 0.1) is 11.7 Å². The first kappa shape index (κ1) is 20.0. The highest BCUT2D eigenvalue weighted by atomic mass is 32.2. The van der Waals surface area contributed by atoms with E-state index in [1.807, 2.05) is 4.72 Å². The number of sulfonamides is 1. The summed E-state index contributed by atoms with van der Waals surface area (Å²) in [7, 11) is -4.32. The summed E-state index contributed by atoms with van der Waals surface area (Å²) in [4.78, 5) is 22.3. The highest BCUT2D eigenvalue weighted by Gasteiger charge is 2.27. The maximum atomic E-state index is 13.6. The molecule has 1 aromatic carbocycles. The van der Waals surface area contributed by atoms with Crippen molar-refractivity contribution in [2.24, 2.45) is 5.92 Å². The van der Waals surface area contributed by atoms with E-state index in [4.69, 9.17) is 9.84 Å². The van der Waals surface area contributed by atoms with E-state index in [0.717, 1.165) is 12.1 Å². The van der Waals surface area contributed by atoms with Crippen molar-refractivity contribution in [2.75, 3.05) is 6.61 Å². The zero-order valence-electron chi connectivity index (χ0n) is 13.6. The molecule has 1 aromatic rings. The Morgan fingerprint density at radius 2 is 1.92 bits per heavy atom.